The van der Waals surface area contributed by atoms with Crippen molar-refractivity contribution in [3.63, 3.8) is 0 Å². The van der Waals surface area contributed by atoms with Crippen molar-refractivity contribution in [2.24, 2.45) is 0 Å². The van der Waals surface area contributed by atoms with Gasteiger partial charge in [0, 0.05) is 10.6 Å². The molecular weight excluding hydrogens is 244 g/mol. The molecule has 0 bridgehead atoms. The lowest BCUT2D eigenvalue weighted by molar-refractivity contribution is 0.108. The van der Waals surface area contributed by atoms with Crippen LogP contribution in [0, 0.1) is 0 Å². The van der Waals surface area contributed by atoms with Crippen molar-refractivity contribution in [1.82, 2.24) is 10.2 Å². The van der Waals surface area contributed by atoms with Crippen LogP contribution < -0.4 is 5.32 Å². The minimum atomic E-state index is 0.239. The van der Waals surface area contributed by atoms with Gasteiger partial charge in [-0.1, -0.05) is 36.6 Å². The van der Waals surface area contributed by atoms with E-state index in [1.54, 1.807) is 0 Å². The summed E-state index contributed by atoms with van der Waals surface area (Å²) in [5.41, 5.74) is 1.57. The number of hydrogen-bond donors (Lipinski definition) is 1. The van der Waals surface area contributed by atoms with E-state index >= 15 is 0 Å². The van der Waals surface area contributed by atoms with E-state index in [0.29, 0.717) is 6.04 Å². The van der Waals surface area contributed by atoms with Gasteiger partial charge in [0.25, 0.3) is 0 Å². The van der Waals surface area contributed by atoms with Crippen LogP contribution in [0.3, 0.4) is 0 Å². The molecule has 1 aromatic rings. The van der Waals surface area contributed by atoms with E-state index < -0.39 is 0 Å². The summed E-state index contributed by atoms with van der Waals surface area (Å²) in [6, 6.07) is 8.63. The topological polar surface area (TPSA) is 15.3 Å². The molecule has 1 aliphatic rings. The first-order valence-corrected chi connectivity index (χ1v) is 7.08. The summed E-state index contributed by atoms with van der Waals surface area (Å²) >= 11 is 5.99. The smallest absolute Gasteiger partial charge is 0.0504 e. The van der Waals surface area contributed by atoms with Crippen LogP contribution >= 0.6 is 11.6 Å². The highest BCUT2D eigenvalue weighted by Gasteiger charge is 2.43. The SMILES string of the molecule is CNC(c1ccc(Cl)cc1)C1(N(C)C)CCCC1. The summed E-state index contributed by atoms with van der Waals surface area (Å²) in [7, 11) is 6.46. The van der Waals surface area contributed by atoms with Crippen LogP contribution in [0.4, 0.5) is 0 Å². The lowest BCUT2D eigenvalue weighted by Crippen LogP contribution is -2.51. The standard InChI is InChI=1S/C15H23ClN2/c1-17-14(12-6-8-13(16)9-7-12)15(18(2)3)10-4-5-11-15/h6-9,14,17H,4-5,10-11H2,1-3H3. The quantitative estimate of drug-likeness (QED) is 0.898. The molecule has 0 heterocycles. The molecule has 18 heavy (non-hydrogen) atoms. The maximum absolute atomic E-state index is 5.99. The Morgan fingerprint density at radius 3 is 2.17 bits per heavy atom. The lowest BCUT2D eigenvalue weighted by Gasteiger charge is -2.43. The van der Waals surface area contributed by atoms with Gasteiger partial charge in [0.05, 0.1) is 6.04 Å². The molecule has 1 aromatic carbocycles. The van der Waals surface area contributed by atoms with Crippen LogP contribution in [0.15, 0.2) is 24.3 Å². The third kappa shape index (κ3) is 2.42. The summed E-state index contributed by atoms with van der Waals surface area (Å²) in [5, 5.41) is 4.32. The minimum Gasteiger partial charge on any atom is -0.311 e. The highest BCUT2D eigenvalue weighted by molar-refractivity contribution is 6.30. The molecule has 0 aliphatic heterocycles. The van der Waals surface area contributed by atoms with Crippen LogP contribution in [0.2, 0.25) is 5.02 Å². The average molecular weight is 267 g/mol. The van der Waals surface area contributed by atoms with Crippen molar-refractivity contribution in [2.45, 2.75) is 37.3 Å². The van der Waals surface area contributed by atoms with Crippen molar-refractivity contribution in [3.05, 3.63) is 34.9 Å². The second-order valence-electron chi connectivity index (χ2n) is 5.48. The fraction of sp³-hybridized carbons (Fsp3) is 0.600. The number of likely N-dealkylation sites (N-methyl/N-ethyl adjacent to an activating group) is 2. The maximum atomic E-state index is 5.99. The van der Waals surface area contributed by atoms with Gasteiger partial charge in [0.2, 0.25) is 0 Å². The summed E-state index contributed by atoms with van der Waals surface area (Å²) in [6.07, 6.45) is 5.16. The Bertz CT molecular complexity index is 380. The van der Waals surface area contributed by atoms with Crippen molar-refractivity contribution >= 4 is 11.6 Å². The third-order valence-electron chi connectivity index (χ3n) is 4.39. The summed E-state index contributed by atoms with van der Waals surface area (Å²) < 4.78 is 0. The average Bonchev–Trinajstić information content (AvgIpc) is 2.83. The molecule has 0 aromatic heterocycles. The molecule has 1 unspecified atom stereocenters. The molecule has 0 amide bonds. The Morgan fingerprint density at radius 1 is 1.17 bits per heavy atom. The maximum Gasteiger partial charge on any atom is 0.0504 e. The van der Waals surface area contributed by atoms with E-state index in [4.69, 9.17) is 11.6 Å². The monoisotopic (exact) mass is 266 g/mol. The van der Waals surface area contributed by atoms with Gasteiger partial charge < -0.3 is 10.2 Å². The van der Waals surface area contributed by atoms with E-state index in [1.807, 2.05) is 12.1 Å². The molecule has 1 saturated carbocycles. The van der Waals surface area contributed by atoms with Gasteiger partial charge in [-0.3, -0.25) is 0 Å². The minimum absolute atomic E-state index is 0.239. The van der Waals surface area contributed by atoms with Gasteiger partial charge in [0.1, 0.15) is 0 Å². The van der Waals surface area contributed by atoms with Crippen molar-refractivity contribution in [2.75, 3.05) is 21.1 Å². The van der Waals surface area contributed by atoms with Crippen molar-refractivity contribution < 1.29 is 0 Å². The Kier molecular flexibility index (Phi) is 4.31. The lowest BCUT2D eigenvalue weighted by atomic mass is 9.82. The fourth-order valence-electron chi connectivity index (χ4n) is 3.38. The molecule has 2 rings (SSSR count). The molecule has 100 valence electrons. The van der Waals surface area contributed by atoms with Gasteiger partial charge in [-0.2, -0.15) is 0 Å². The predicted molar refractivity (Wildman–Crippen MR) is 78.1 cm³/mol. The van der Waals surface area contributed by atoms with Crippen molar-refractivity contribution in [3.8, 4) is 0 Å². The first kappa shape index (κ1) is 13.9. The van der Waals surface area contributed by atoms with Crippen LogP contribution in [0.25, 0.3) is 0 Å². The zero-order valence-corrected chi connectivity index (χ0v) is 12.3. The molecule has 1 N–H and O–H groups in total. The largest absolute Gasteiger partial charge is 0.311 e. The number of hydrogen-bond acceptors (Lipinski definition) is 2. The molecular formula is C15H23ClN2. The summed E-state index contributed by atoms with van der Waals surface area (Å²) in [5.74, 6) is 0. The number of nitrogens with one attached hydrogen (secondary N) is 1. The molecule has 3 heteroatoms. The van der Waals surface area contributed by atoms with Gasteiger partial charge in [-0.05, 0) is 51.7 Å². The first-order chi connectivity index (χ1) is 8.60. The van der Waals surface area contributed by atoms with Crippen LogP contribution in [0.1, 0.15) is 37.3 Å². The molecule has 1 fully saturated rings. The number of halogens is 1. The van der Waals surface area contributed by atoms with Crippen LogP contribution in [-0.2, 0) is 0 Å². The highest BCUT2D eigenvalue weighted by atomic mass is 35.5. The van der Waals surface area contributed by atoms with Gasteiger partial charge >= 0.3 is 0 Å². The van der Waals surface area contributed by atoms with Crippen molar-refractivity contribution in [1.29, 1.82) is 0 Å². The van der Waals surface area contributed by atoms with Gasteiger partial charge in [0.15, 0.2) is 0 Å². The molecule has 2 nitrogen and oxygen atoms in total. The first-order valence-electron chi connectivity index (χ1n) is 6.70. The van der Waals surface area contributed by atoms with E-state index in [0.717, 1.165) is 5.02 Å². The summed E-state index contributed by atoms with van der Waals surface area (Å²) in [4.78, 5) is 2.40. The zero-order chi connectivity index (χ0) is 13.2. The molecule has 1 aliphatic carbocycles. The molecule has 0 saturated heterocycles. The Hall–Kier alpha value is -0.570. The van der Waals surface area contributed by atoms with E-state index in [-0.39, 0.29) is 5.54 Å². The van der Waals surface area contributed by atoms with Gasteiger partial charge in [-0.25, -0.2) is 0 Å². The summed E-state index contributed by atoms with van der Waals surface area (Å²) in [6.45, 7) is 0. The third-order valence-corrected chi connectivity index (χ3v) is 4.64. The fourth-order valence-corrected chi connectivity index (χ4v) is 3.51. The Morgan fingerprint density at radius 2 is 1.72 bits per heavy atom. The number of benzene rings is 1. The molecule has 0 spiro atoms. The van der Waals surface area contributed by atoms with E-state index in [9.17, 15) is 0 Å². The van der Waals surface area contributed by atoms with Crippen LogP contribution in [0.5, 0.6) is 0 Å². The number of rotatable bonds is 4. The Balaban J connectivity index is 2.34. The van der Waals surface area contributed by atoms with E-state index in [2.05, 4.69) is 43.5 Å². The normalized spacial score (nSPS) is 20.3. The van der Waals surface area contributed by atoms with E-state index in [1.165, 1.54) is 31.2 Å². The van der Waals surface area contributed by atoms with Crippen LogP contribution in [-0.4, -0.2) is 31.6 Å². The Labute approximate surface area is 115 Å². The molecule has 0 radical (unpaired) electrons. The second kappa shape index (κ2) is 5.60. The highest BCUT2D eigenvalue weighted by Crippen LogP contribution is 2.43. The predicted octanol–water partition coefficient (Wildman–Crippen LogP) is 3.47. The number of nitrogens with zero attached hydrogens (tertiary/aromatic N) is 1. The second-order valence-corrected chi connectivity index (χ2v) is 5.91. The molecule has 1 atom stereocenters. The zero-order valence-electron chi connectivity index (χ0n) is 11.5. The van der Waals surface area contributed by atoms with Gasteiger partial charge in [-0.15, -0.1) is 0 Å².